The topological polar surface area (TPSA) is 33.5 Å². The van der Waals surface area contributed by atoms with Crippen molar-refractivity contribution in [1.29, 1.82) is 0 Å². The zero-order valence-electron chi connectivity index (χ0n) is 15.1. The number of thiocarbonyl (C=S) groups is 1. The van der Waals surface area contributed by atoms with Crippen LogP contribution in [0.5, 0.6) is 0 Å². The maximum atomic E-state index is 12.9. The van der Waals surface area contributed by atoms with Crippen LogP contribution in [-0.4, -0.2) is 21.2 Å². The summed E-state index contributed by atoms with van der Waals surface area (Å²) in [6, 6.07) is 12.4. The summed E-state index contributed by atoms with van der Waals surface area (Å²) >= 11 is 8.45. The Balaban J connectivity index is 1.47. The molecular weight excluding hydrogens is 394 g/mol. The molecule has 1 aromatic heterocycles. The predicted octanol–water partition coefficient (Wildman–Crippen LogP) is 6.27. The second-order valence-corrected chi connectivity index (χ2v) is 9.67. The van der Waals surface area contributed by atoms with Crippen molar-refractivity contribution in [2.24, 2.45) is 0 Å². The first-order valence-electron chi connectivity index (χ1n) is 9.21. The standard InChI is InChI=1S/C21H21NO2S3/c1-14-7-10-17(11-8-14)26-19-12-9-16(24-19)13-18-20(23)22(21(25)27-18)15-5-3-2-4-6-15/h7-13,15H,2-6H2,1H3/b18-13+. The fourth-order valence-electron chi connectivity index (χ4n) is 3.45. The predicted molar refractivity (Wildman–Crippen MR) is 116 cm³/mol. The van der Waals surface area contributed by atoms with Crippen molar-refractivity contribution in [2.45, 2.75) is 55.1 Å². The minimum Gasteiger partial charge on any atom is -0.450 e. The lowest BCUT2D eigenvalue weighted by atomic mass is 9.94. The number of carbonyl (C=O) groups is 1. The summed E-state index contributed by atoms with van der Waals surface area (Å²) in [5.74, 6) is 0.717. The Hall–Kier alpha value is -1.50. The van der Waals surface area contributed by atoms with Crippen molar-refractivity contribution in [3.63, 3.8) is 0 Å². The molecule has 1 saturated carbocycles. The molecule has 27 heavy (non-hydrogen) atoms. The lowest BCUT2D eigenvalue weighted by Crippen LogP contribution is -2.39. The van der Waals surface area contributed by atoms with Crippen LogP contribution in [0.1, 0.15) is 43.4 Å². The van der Waals surface area contributed by atoms with E-state index in [1.54, 1.807) is 11.8 Å². The van der Waals surface area contributed by atoms with Crippen molar-refractivity contribution < 1.29 is 9.21 Å². The molecule has 0 spiro atoms. The van der Waals surface area contributed by atoms with E-state index in [1.807, 2.05) is 23.1 Å². The van der Waals surface area contributed by atoms with Gasteiger partial charge < -0.3 is 4.42 Å². The largest absolute Gasteiger partial charge is 0.450 e. The number of nitrogens with zero attached hydrogens (tertiary/aromatic N) is 1. The molecule has 2 aliphatic rings. The second kappa shape index (κ2) is 8.25. The molecule has 0 N–H and O–H groups in total. The molecule has 1 aromatic carbocycles. The molecule has 0 unspecified atom stereocenters. The highest BCUT2D eigenvalue weighted by molar-refractivity contribution is 8.26. The number of thioether (sulfide) groups is 1. The number of rotatable bonds is 4. The molecule has 1 aliphatic heterocycles. The van der Waals surface area contributed by atoms with E-state index < -0.39 is 0 Å². The van der Waals surface area contributed by atoms with Crippen LogP contribution in [0.2, 0.25) is 0 Å². The van der Waals surface area contributed by atoms with Gasteiger partial charge in [0.1, 0.15) is 10.1 Å². The quantitative estimate of drug-likeness (QED) is 0.434. The van der Waals surface area contributed by atoms with Gasteiger partial charge in [-0.05, 0) is 44.0 Å². The van der Waals surface area contributed by atoms with E-state index in [-0.39, 0.29) is 11.9 Å². The highest BCUT2D eigenvalue weighted by Gasteiger charge is 2.37. The van der Waals surface area contributed by atoms with Crippen molar-refractivity contribution in [3.05, 3.63) is 52.6 Å². The third kappa shape index (κ3) is 4.33. The molecule has 2 fully saturated rings. The smallest absolute Gasteiger partial charge is 0.266 e. The summed E-state index contributed by atoms with van der Waals surface area (Å²) in [6.07, 6.45) is 7.54. The first-order chi connectivity index (χ1) is 13.1. The zero-order valence-corrected chi connectivity index (χ0v) is 17.6. The van der Waals surface area contributed by atoms with E-state index >= 15 is 0 Å². The van der Waals surface area contributed by atoms with Gasteiger partial charge in [-0.1, -0.05) is 72.7 Å². The number of benzene rings is 1. The van der Waals surface area contributed by atoms with Crippen LogP contribution in [0.25, 0.3) is 6.08 Å². The van der Waals surface area contributed by atoms with Crippen LogP contribution >= 0.6 is 35.7 Å². The van der Waals surface area contributed by atoms with E-state index in [1.165, 1.54) is 36.6 Å². The monoisotopic (exact) mass is 415 g/mol. The first-order valence-corrected chi connectivity index (χ1v) is 11.3. The average molecular weight is 416 g/mol. The summed E-state index contributed by atoms with van der Waals surface area (Å²) in [6.45, 7) is 2.07. The Morgan fingerprint density at radius 3 is 2.63 bits per heavy atom. The van der Waals surface area contributed by atoms with Crippen LogP contribution in [0.15, 0.2) is 55.7 Å². The van der Waals surface area contributed by atoms with Gasteiger partial charge in [0, 0.05) is 17.0 Å². The zero-order chi connectivity index (χ0) is 18.8. The molecular formula is C21H21NO2S3. The summed E-state index contributed by atoms with van der Waals surface area (Å²) in [7, 11) is 0. The maximum absolute atomic E-state index is 12.9. The average Bonchev–Trinajstić information content (AvgIpc) is 3.22. The number of hydrogen-bond acceptors (Lipinski definition) is 5. The van der Waals surface area contributed by atoms with E-state index in [4.69, 9.17) is 16.6 Å². The SMILES string of the molecule is Cc1ccc(Sc2ccc(/C=C3/SC(=S)N(C4CCCCC4)C3=O)o2)cc1. The van der Waals surface area contributed by atoms with Crippen LogP contribution < -0.4 is 0 Å². The Kier molecular flexibility index (Phi) is 5.76. The molecule has 1 aliphatic carbocycles. The molecule has 3 nitrogen and oxygen atoms in total. The highest BCUT2D eigenvalue weighted by Crippen LogP contribution is 2.38. The molecule has 1 amide bonds. The summed E-state index contributed by atoms with van der Waals surface area (Å²) < 4.78 is 6.58. The van der Waals surface area contributed by atoms with Gasteiger partial charge in [0.05, 0.1) is 4.91 Å². The molecule has 2 aromatic rings. The molecule has 0 radical (unpaired) electrons. The fourth-order valence-corrected chi connectivity index (χ4v) is 5.61. The Labute approximate surface area is 173 Å². The van der Waals surface area contributed by atoms with E-state index in [9.17, 15) is 4.79 Å². The molecule has 1 saturated heterocycles. The van der Waals surface area contributed by atoms with Crippen molar-refractivity contribution in [3.8, 4) is 0 Å². The Morgan fingerprint density at radius 2 is 1.89 bits per heavy atom. The van der Waals surface area contributed by atoms with Gasteiger partial charge >= 0.3 is 0 Å². The number of amides is 1. The van der Waals surface area contributed by atoms with Crippen molar-refractivity contribution in [1.82, 2.24) is 4.90 Å². The van der Waals surface area contributed by atoms with E-state index in [0.29, 0.717) is 15.0 Å². The minimum atomic E-state index is 0.0287. The molecule has 140 valence electrons. The van der Waals surface area contributed by atoms with Gasteiger partial charge in [0.25, 0.3) is 5.91 Å². The number of aryl methyl sites for hydroxylation is 1. The molecule has 0 atom stereocenters. The molecule has 6 heteroatoms. The highest BCUT2D eigenvalue weighted by atomic mass is 32.2. The van der Waals surface area contributed by atoms with Crippen molar-refractivity contribution in [2.75, 3.05) is 0 Å². The van der Waals surface area contributed by atoms with Crippen LogP contribution in [0.4, 0.5) is 0 Å². The van der Waals surface area contributed by atoms with Crippen LogP contribution in [-0.2, 0) is 4.79 Å². The lowest BCUT2D eigenvalue weighted by molar-refractivity contribution is -0.124. The van der Waals surface area contributed by atoms with Gasteiger partial charge in [-0.2, -0.15) is 0 Å². The number of furan rings is 1. The summed E-state index contributed by atoms with van der Waals surface area (Å²) in [4.78, 5) is 16.5. The number of carbonyl (C=O) groups excluding carboxylic acids is 1. The number of hydrogen-bond donors (Lipinski definition) is 0. The maximum Gasteiger partial charge on any atom is 0.266 e. The Bertz CT molecular complexity index is 879. The van der Waals surface area contributed by atoms with Gasteiger partial charge in [-0.3, -0.25) is 9.69 Å². The lowest BCUT2D eigenvalue weighted by Gasteiger charge is -2.29. The first kappa shape index (κ1) is 18.8. The third-order valence-electron chi connectivity index (χ3n) is 4.88. The summed E-state index contributed by atoms with van der Waals surface area (Å²) in [5, 5.41) is 0.813. The van der Waals surface area contributed by atoms with Crippen LogP contribution in [0.3, 0.4) is 0 Å². The summed E-state index contributed by atoms with van der Waals surface area (Å²) in [5.41, 5.74) is 1.24. The van der Waals surface area contributed by atoms with E-state index in [0.717, 1.165) is 22.8 Å². The van der Waals surface area contributed by atoms with Crippen molar-refractivity contribution >= 4 is 52.0 Å². The molecule has 4 rings (SSSR count). The normalized spacial score (nSPS) is 20.0. The van der Waals surface area contributed by atoms with Gasteiger partial charge in [-0.15, -0.1) is 0 Å². The van der Waals surface area contributed by atoms with Gasteiger partial charge in [-0.25, -0.2) is 0 Å². The minimum absolute atomic E-state index is 0.0287. The van der Waals surface area contributed by atoms with Gasteiger partial charge in [0.15, 0.2) is 5.09 Å². The third-order valence-corrected chi connectivity index (χ3v) is 7.14. The van der Waals surface area contributed by atoms with Crippen LogP contribution in [0, 0.1) is 6.92 Å². The second-order valence-electron chi connectivity index (χ2n) is 6.92. The van der Waals surface area contributed by atoms with E-state index in [2.05, 4.69) is 31.2 Å². The molecule has 2 heterocycles. The fraction of sp³-hybridized carbons (Fsp3) is 0.333. The molecule has 0 bridgehead atoms. The van der Waals surface area contributed by atoms with Gasteiger partial charge in [0.2, 0.25) is 0 Å². The Morgan fingerprint density at radius 1 is 1.15 bits per heavy atom.